The minimum Gasteiger partial charge on any atom is -0.377 e. The highest BCUT2D eigenvalue weighted by Crippen LogP contribution is 2.33. The van der Waals surface area contributed by atoms with Crippen LogP contribution in [0.4, 0.5) is 10.1 Å². The third-order valence-electron chi connectivity index (χ3n) is 4.09. The van der Waals surface area contributed by atoms with Crippen LogP contribution in [-0.2, 0) is 4.74 Å². The van der Waals surface area contributed by atoms with E-state index < -0.39 is 0 Å². The first-order valence-electron chi connectivity index (χ1n) is 7.84. The van der Waals surface area contributed by atoms with Crippen LogP contribution in [-0.4, -0.2) is 31.8 Å². The minimum atomic E-state index is -0.176. The van der Waals surface area contributed by atoms with Crippen molar-refractivity contribution in [2.24, 2.45) is 0 Å². The summed E-state index contributed by atoms with van der Waals surface area (Å²) in [7, 11) is 0. The zero-order chi connectivity index (χ0) is 15.5. The van der Waals surface area contributed by atoms with E-state index in [9.17, 15) is 4.39 Å². The highest BCUT2D eigenvalue weighted by atomic mass is 19.1. The van der Waals surface area contributed by atoms with Gasteiger partial charge in [-0.25, -0.2) is 4.39 Å². The predicted octanol–water partition coefficient (Wildman–Crippen LogP) is 3.50. The van der Waals surface area contributed by atoms with Crippen molar-refractivity contribution in [3.05, 3.63) is 29.6 Å². The van der Waals surface area contributed by atoms with E-state index in [0.29, 0.717) is 6.61 Å². The van der Waals surface area contributed by atoms with Crippen LogP contribution in [0.25, 0.3) is 0 Å². The first-order valence-corrected chi connectivity index (χ1v) is 7.84. The summed E-state index contributed by atoms with van der Waals surface area (Å²) >= 11 is 0. The molecule has 1 fully saturated rings. The van der Waals surface area contributed by atoms with Gasteiger partial charge in [-0.05, 0) is 57.5 Å². The molecule has 0 aliphatic carbocycles. The Hall–Kier alpha value is -1.13. The molecule has 3 nitrogen and oxygen atoms in total. The summed E-state index contributed by atoms with van der Waals surface area (Å²) in [5.41, 5.74) is 2.06. The number of nitrogens with one attached hydrogen (secondary N) is 1. The molecule has 0 bridgehead atoms. The van der Waals surface area contributed by atoms with Gasteiger partial charge in [-0.1, -0.05) is 6.92 Å². The van der Waals surface area contributed by atoms with E-state index in [1.807, 2.05) is 6.07 Å². The molecule has 0 aromatic heterocycles. The Morgan fingerprint density at radius 3 is 2.86 bits per heavy atom. The summed E-state index contributed by atoms with van der Waals surface area (Å²) in [6.07, 6.45) is 1.07. The number of nitrogens with zero attached hydrogens (tertiary/aromatic N) is 1. The van der Waals surface area contributed by atoms with Crippen molar-refractivity contribution < 1.29 is 9.13 Å². The number of ether oxygens (including phenoxy) is 1. The molecule has 118 valence electrons. The molecular formula is C17H27FN2O. The number of rotatable bonds is 5. The van der Waals surface area contributed by atoms with Crippen LogP contribution in [0.5, 0.6) is 0 Å². The highest BCUT2D eigenvalue weighted by Gasteiger charge is 2.32. The van der Waals surface area contributed by atoms with Gasteiger partial charge >= 0.3 is 0 Å². The molecule has 1 atom stereocenters. The zero-order valence-electron chi connectivity index (χ0n) is 13.6. The van der Waals surface area contributed by atoms with Crippen molar-refractivity contribution in [3.8, 4) is 0 Å². The zero-order valence-corrected chi connectivity index (χ0v) is 13.6. The van der Waals surface area contributed by atoms with E-state index in [2.05, 4.69) is 37.9 Å². The third kappa shape index (κ3) is 3.74. The number of benzene rings is 1. The molecule has 1 aliphatic heterocycles. The van der Waals surface area contributed by atoms with E-state index in [1.54, 1.807) is 12.1 Å². The molecule has 1 N–H and O–H groups in total. The SMILES string of the molecule is CCCNC(C)c1cc(F)ccc1N1CCOCC1(C)C. The fourth-order valence-electron chi connectivity index (χ4n) is 2.89. The second-order valence-corrected chi connectivity index (χ2v) is 6.40. The molecule has 0 radical (unpaired) electrons. The van der Waals surface area contributed by atoms with Gasteiger partial charge < -0.3 is 15.0 Å². The topological polar surface area (TPSA) is 24.5 Å². The maximum atomic E-state index is 13.7. The van der Waals surface area contributed by atoms with Crippen LogP contribution < -0.4 is 10.2 Å². The van der Waals surface area contributed by atoms with Crippen molar-refractivity contribution in [2.75, 3.05) is 31.2 Å². The number of morpholine rings is 1. The Bertz CT molecular complexity index is 476. The van der Waals surface area contributed by atoms with Gasteiger partial charge in [0.1, 0.15) is 5.82 Å². The van der Waals surface area contributed by atoms with Crippen molar-refractivity contribution in [1.82, 2.24) is 5.32 Å². The van der Waals surface area contributed by atoms with Gasteiger partial charge in [-0.3, -0.25) is 0 Å². The summed E-state index contributed by atoms with van der Waals surface area (Å²) in [6, 6.07) is 5.25. The summed E-state index contributed by atoms with van der Waals surface area (Å²) in [6.45, 7) is 11.8. The Morgan fingerprint density at radius 1 is 1.43 bits per heavy atom. The average Bonchev–Trinajstić information content (AvgIpc) is 2.45. The van der Waals surface area contributed by atoms with Gasteiger partial charge in [0, 0.05) is 18.3 Å². The molecule has 21 heavy (non-hydrogen) atoms. The molecule has 1 aromatic carbocycles. The monoisotopic (exact) mass is 294 g/mol. The van der Waals surface area contributed by atoms with Crippen LogP contribution in [0.15, 0.2) is 18.2 Å². The van der Waals surface area contributed by atoms with Crippen LogP contribution in [0.3, 0.4) is 0 Å². The van der Waals surface area contributed by atoms with Crippen molar-refractivity contribution >= 4 is 5.69 Å². The van der Waals surface area contributed by atoms with E-state index in [4.69, 9.17) is 4.74 Å². The Labute approximate surface area is 127 Å². The second kappa shape index (κ2) is 6.75. The smallest absolute Gasteiger partial charge is 0.123 e. The molecular weight excluding hydrogens is 267 g/mol. The molecule has 2 rings (SSSR count). The van der Waals surface area contributed by atoms with Crippen LogP contribution in [0, 0.1) is 5.82 Å². The molecule has 1 aliphatic rings. The Balaban J connectivity index is 2.33. The summed E-state index contributed by atoms with van der Waals surface area (Å²) in [5, 5.41) is 3.46. The molecule has 0 amide bonds. The number of hydrogen-bond acceptors (Lipinski definition) is 3. The lowest BCUT2D eigenvalue weighted by Crippen LogP contribution is -2.53. The Kier molecular flexibility index (Phi) is 5.22. The normalized spacial score (nSPS) is 19.6. The van der Waals surface area contributed by atoms with Gasteiger partial charge in [-0.15, -0.1) is 0 Å². The van der Waals surface area contributed by atoms with E-state index in [0.717, 1.165) is 37.4 Å². The van der Waals surface area contributed by atoms with Gasteiger partial charge in [0.25, 0.3) is 0 Å². The number of hydrogen-bond donors (Lipinski definition) is 1. The van der Waals surface area contributed by atoms with Crippen molar-refractivity contribution in [2.45, 2.75) is 45.7 Å². The minimum absolute atomic E-state index is 0.0741. The van der Waals surface area contributed by atoms with E-state index in [-0.39, 0.29) is 17.4 Å². The first-order chi connectivity index (χ1) is 9.95. The molecule has 1 saturated heterocycles. The van der Waals surface area contributed by atoms with Crippen LogP contribution >= 0.6 is 0 Å². The lowest BCUT2D eigenvalue weighted by atomic mass is 9.97. The molecule has 4 heteroatoms. The van der Waals surface area contributed by atoms with Gasteiger partial charge in [0.15, 0.2) is 0 Å². The van der Waals surface area contributed by atoms with Crippen molar-refractivity contribution in [3.63, 3.8) is 0 Å². The summed E-state index contributed by atoms with van der Waals surface area (Å²) < 4.78 is 19.3. The molecule has 1 heterocycles. The quantitative estimate of drug-likeness (QED) is 0.899. The maximum absolute atomic E-state index is 13.7. The van der Waals surface area contributed by atoms with Gasteiger partial charge in [0.2, 0.25) is 0 Å². The lowest BCUT2D eigenvalue weighted by molar-refractivity contribution is 0.0642. The van der Waals surface area contributed by atoms with E-state index in [1.165, 1.54) is 0 Å². The molecule has 1 aromatic rings. The summed E-state index contributed by atoms with van der Waals surface area (Å²) in [4.78, 5) is 2.34. The third-order valence-corrected chi connectivity index (χ3v) is 4.09. The molecule has 1 unspecified atom stereocenters. The number of halogens is 1. The first kappa shape index (κ1) is 16.2. The second-order valence-electron chi connectivity index (χ2n) is 6.40. The van der Waals surface area contributed by atoms with Gasteiger partial charge in [-0.2, -0.15) is 0 Å². The largest absolute Gasteiger partial charge is 0.377 e. The lowest BCUT2D eigenvalue weighted by Gasteiger charge is -2.45. The maximum Gasteiger partial charge on any atom is 0.123 e. The molecule has 0 spiro atoms. The fourth-order valence-corrected chi connectivity index (χ4v) is 2.89. The average molecular weight is 294 g/mol. The van der Waals surface area contributed by atoms with Crippen LogP contribution in [0.1, 0.15) is 45.7 Å². The molecule has 0 saturated carbocycles. The number of anilines is 1. The predicted molar refractivity (Wildman–Crippen MR) is 85.4 cm³/mol. The summed E-state index contributed by atoms with van der Waals surface area (Å²) in [5.74, 6) is -0.176. The van der Waals surface area contributed by atoms with Crippen LogP contribution in [0.2, 0.25) is 0 Å². The highest BCUT2D eigenvalue weighted by molar-refractivity contribution is 5.57. The van der Waals surface area contributed by atoms with E-state index >= 15 is 0 Å². The van der Waals surface area contributed by atoms with Crippen molar-refractivity contribution in [1.29, 1.82) is 0 Å². The fraction of sp³-hybridized carbons (Fsp3) is 0.647. The standard InChI is InChI=1S/C17H27FN2O/c1-5-8-19-13(2)15-11-14(18)6-7-16(15)20-9-10-21-12-17(20,3)4/h6-7,11,13,19H,5,8-10,12H2,1-4H3. The Morgan fingerprint density at radius 2 is 2.19 bits per heavy atom. The van der Waals surface area contributed by atoms with Gasteiger partial charge in [0.05, 0.1) is 18.8 Å².